The Morgan fingerprint density at radius 1 is 1.37 bits per heavy atom. The smallest absolute Gasteiger partial charge is 0.267 e. The molecule has 1 aromatic carbocycles. The number of fused-ring (bicyclic) bond motifs is 1. The maximum atomic E-state index is 14.3. The van der Waals surface area contributed by atoms with Gasteiger partial charge in [-0.3, -0.25) is 19.9 Å². The SMILES string of the molecule is Cc1[nH]c2ccccc2c1CC1C[C@H](F)CN1Cc1ccc(C=CC(=O)NO)cn1. The first kappa shape index (κ1) is 20.3. The molecule has 156 valence electrons. The van der Waals surface area contributed by atoms with Crippen LogP contribution in [0.1, 0.15) is 28.9 Å². The quantitative estimate of drug-likeness (QED) is 0.331. The Hall–Kier alpha value is -3.03. The van der Waals surface area contributed by atoms with Crippen molar-refractivity contribution in [2.75, 3.05) is 6.54 Å². The molecule has 6 nitrogen and oxygen atoms in total. The summed E-state index contributed by atoms with van der Waals surface area (Å²) in [6.07, 6.45) is 4.95. The largest absolute Gasteiger partial charge is 0.358 e. The van der Waals surface area contributed by atoms with E-state index >= 15 is 0 Å². The third-order valence-corrected chi connectivity index (χ3v) is 5.69. The summed E-state index contributed by atoms with van der Waals surface area (Å²) in [4.78, 5) is 21.1. The third-order valence-electron chi connectivity index (χ3n) is 5.69. The number of pyridine rings is 1. The molecule has 1 saturated heterocycles. The molecule has 0 spiro atoms. The highest BCUT2D eigenvalue weighted by molar-refractivity contribution is 5.90. The number of hydroxylamine groups is 1. The summed E-state index contributed by atoms with van der Waals surface area (Å²) in [5.41, 5.74) is 6.66. The third kappa shape index (κ3) is 4.42. The maximum absolute atomic E-state index is 14.3. The molecular weight excluding hydrogens is 383 g/mol. The van der Waals surface area contributed by atoms with E-state index in [4.69, 9.17) is 5.21 Å². The van der Waals surface area contributed by atoms with E-state index in [1.807, 2.05) is 24.3 Å². The van der Waals surface area contributed by atoms with Gasteiger partial charge in [0.05, 0.1) is 5.69 Å². The monoisotopic (exact) mass is 408 g/mol. The number of amides is 1. The Kier molecular flexibility index (Phi) is 5.92. The minimum Gasteiger partial charge on any atom is -0.358 e. The molecule has 0 radical (unpaired) electrons. The number of benzene rings is 1. The van der Waals surface area contributed by atoms with Crippen LogP contribution in [0, 0.1) is 6.92 Å². The van der Waals surface area contributed by atoms with E-state index in [2.05, 4.69) is 33.9 Å². The molecule has 3 N–H and O–H groups in total. The zero-order valence-electron chi connectivity index (χ0n) is 16.8. The van der Waals surface area contributed by atoms with Crippen molar-refractivity contribution in [3.05, 3.63) is 71.2 Å². The molecule has 0 aliphatic carbocycles. The number of carbonyl (C=O) groups excluding carboxylic acids is 1. The predicted molar refractivity (Wildman–Crippen MR) is 114 cm³/mol. The Labute approximate surface area is 174 Å². The summed E-state index contributed by atoms with van der Waals surface area (Å²) in [7, 11) is 0. The number of nitrogens with zero attached hydrogens (tertiary/aromatic N) is 2. The summed E-state index contributed by atoms with van der Waals surface area (Å²) >= 11 is 0. The Balaban J connectivity index is 1.47. The number of alkyl halides is 1. The maximum Gasteiger partial charge on any atom is 0.267 e. The second-order valence-electron chi connectivity index (χ2n) is 7.79. The summed E-state index contributed by atoms with van der Waals surface area (Å²) in [5.74, 6) is -0.597. The van der Waals surface area contributed by atoms with Gasteiger partial charge in [0.1, 0.15) is 6.17 Å². The van der Waals surface area contributed by atoms with Crippen molar-refractivity contribution in [3.63, 3.8) is 0 Å². The molecular formula is C23H25FN4O2. The molecule has 1 aliphatic rings. The van der Waals surface area contributed by atoms with Gasteiger partial charge >= 0.3 is 0 Å². The van der Waals surface area contributed by atoms with E-state index in [0.29, 0.717) is 19.5 Å². The molecule has 1 aliphatic heterocycles. The van der Waals surface area contributed by atoms with Gasteiger partial charge in [-0.15, -0.1) is 0 Å². The number of aromatic nitrogens is 2. The van der Waals surface area contributed by atoms with E-state index in [9.17, 15) is 9.18 Å². The normalized spacial score (nSPS) is 19.7. The van der Waals surface area contributed by atoms with Gasteiger partial charge in [0.15, 0.2) is 0 Å². The molecule has 2 atom stereocenters. The van der Waals surface area contributed by atoms with Gasteiger partial charge in [0.2, 0.25) is 0 Å². The predicted octanol–water partition coefficient (Wildman–Crippen LogP) is 3.55. The van der Waals surface area contributed by atoms with Gasteiger partial charge in [0.25, 0.3) is 5.91 Å². The van der Waals surface area contributed by atoms with Crippen LogP contribution < -0.4 is 5.48 Å². The van der Waals surface area contributed by atoms with Crippen LogP contribution in [0.5, 0.6) is 0 Å². The Morgan fingerprint density at radius 3 is 2.97 bits per heavy atom. The number of hydrogen-bond donors (Lipinski definition) is 3. The number of halogens is 1. The van der Waals surface area contributed by atoms with E-state index in [0.717, 1.165) is 28.9 Å². The fraction of sp³-hybridized carbons (Fsp3) is 0.304. The van der Waals surface area contributed by atoms with Gasteiger partial charge in [-0.25, -0.2) is 9.87 Å². The fourth-order valence-corrected chi connectivity index (χ4v) is 4.21. The average molecular weight is 408 g/mol. The number of carbonyl (C=O) groups is 1. The van der Waals surface area contributed by atoms with Crippen molar-refractivity contribution in [1.29, 1.82) is 0 Å². The minimum atomic E-state index is -0.834. The molecule has 1 unspecified atom stereocenters. The lowest BCUT2D eigenvalue weighted by Crippen LogP contribution is -2.31. The highest BCUT2D eigenvalue weighted by atomic mass is 19.1. The zero-order valence-corrected chi connectivity index (χ0v) is 16.8. The van der Waals surface area contributed by atoms with Crippen LogP contribution in [0.4, 0.5) is 4.39 Å². The van der Waals surface area contributed by atoms with Crippen molar-refractivity contribution in [2.45, 2.75) is 38.5 Å². The second-order valence-corrected chi connectivity index (χ2v) is 7.79. The van der Waals surface area contributed by atoms with Crippen LogP contribution in [-0.2, 0) is 17.8 Å². The molecule has 1 fully saturated rings. The molecule has 1 amide bonds. The first-order valence-corrected chi connectivity index (χ1v) is 10.0. The number of aryl methyl sites for hydroxylation is 1. The lowest BCUT2D eigenvalue weighted by atomic mass is 10.0. The van der Waals surface area contributed by atoms with Crippen LogP contribution in [0.25, 0.3) is 17.0 Å². The molecule has 2 aromatic heterocycles. The van der Waals surface area contributed by atoms with Crippen LogP contribution in [0.2, 0.25) is 0 Å². The van der Waals surface area contributed by atoms with E-state index in [-0.39, 0.29) is 6.04 Å². The van der Waals surface area contributed by atoms with E-state index < -0.39 is 12.1 Å². The van der Waals surface area contributed by atoms with Crippen molar-refractivity contribution < 1.29 is 14.4 Å². The van der Waals surface area contributed by atoms with Gasteiger partial charge < -0.3 is 4.98 Å². The number of likely N-dealkylation sites (tertiary alicyclic amines) is 1. The lowest BCUT2D eigenvalue weighted by molar-refractivity contribution is -0.124. The number of nitrogens with one attached hydrogen (secondary N) is 2. The molecule has 4 rings (SSSR count). The number of para-hydroxylation sites is 1. The summed E-state index contributed by atoms with van der Waals surface area (Å²) < 4.78 is 14.3. The fourth-order valence-electron chi connectivity index (χ4n) is 4.21. The number of hydrogen-bond acceptors (Lipinski definition) is 4. The van der Waals surface area contributed by atoms with Crippen molar-refractivity contribution in [3.8, 4) is 0 Å². The van der Waals surface area contributed by atoms with E-state index in [1.165, 1.54) is 17.0 Å². The highest BCUT2D eigenvalue weighted by Gasteiger charge is 2.33. The Bertz CT molecular complexity index is 1060. The van der Waals surface area contributed by atoms with Crippen LogP contribution >= 0.6 is 0 Å². The van der Waals surface area contributed by atoms with E-state index in [1.54, 1.807) is 17.8 Å². The zero-order chi connectivity index (χ0) is 21.1. The summed E-state index contributed by atoms with van der Waals surface area (Å²) in [6.45, 7) is 3.06. The Morgan fingerprint density at radius 2 is 2.20 bits per heavy atom. The molecule has 0 saturated carbocycles. The topological polar surface area (TPSA) is 81.2 Å². The van der Waals surface area contributed by atoms with Gasteiger partial charge in [-0.1, -0.05) is 24.3 Å². The van der Waals surface area contributed by atoms with Gasteiger partial charge in [0, 0.05) is 48.0 Å². The van der Waals surface area contributed by atoms with Crippen LogP contribution in [0.15, 0.2) is 48.7 Å². The molecule has 3 aromatic rings. The number of H-pyrrole nitrogens is 1. The highest BCUT2D eigenvalue weighted by Crippen LogP contribution is 2.30. The molecule has 3 heterocycles. The minimum absolute atomic E-state index is 0.118. The van der Waals surface area contributed by atoms with Crippen LogP contribution in [-0.4, -0.2) is 44.7 Å². The van der Waals surface area contributed by atoms with Crippen molar-refractivity contribution in [2.24, 2.45) is 0 Å². The number of aromatic amines is 1. The average Bonchev–Trinajstić information content (AvgIpc) is 3.26. The van der Waals surface area contributed by atoms with Crippen LogP contribution in [0.3, 0.4) is 0 Å². The number of rotatable bonds is 6. The standard InChI is InChI=1S/C23H25FN4O2/c1-15-21(20-4-2-3-5-22(20)26-15)11-19-10-17(24)13-28(19)14-18-8-6-16(12-25-18)7-9-23(29)27-30/h2-9,12,17,19,26,30H,10-11,13-14H2,1H3,(H,27,29)/t17-,19?/m0/s1. The summed E-state index contributed by atoms with van der Waals surface area (Å²) in [6, 6.07) is 12.1. The van der Waals surface area contributed by atoms with Crippen molar-refractivity contribution >= 4 is 22.9 Å². The molecule has 30 heavy (non-hydrogen) atoms. The first-order valence-electron chi connectivity index (χ1n) is 10.0. The lowest BCUT2D eigenvalue weighted by Gasteiger charge is -2.24. The second kappa shape index (κ2) is 8.77. The molecule has 0 bridgehead atoms. The van der Waals surface area contributed by atoms with Gasteiger partial charge in [-0.05, 0) is 49.1 Å². The van der Waals surface area contributed by atoms with Gasteiger partial charge in [-0.2, -0.15) is 0 Å². The molecule has 7 heteroatoms. The van der Waals surface area contributed by atoms with Crippen molar-refractivity contribution in [1.82, 2.24) is 20.3 Å². The first-order chi connectivity index (χ1) is 14.5. The summed E-state index contributed by atoms with van der Waals surface area (Å²) in [5, 5.41) is 9.73.